The van der Waals surface area contributed by atoms with Crippen molar-refractivity contribution in [3.63, 3.8) is 0 Å². The number of amides is 3. The summed E-state index contributed by atoms with van der Waals surface area (Å²) in [6.07, 6.45) is 5.08. The number of hydrogen-bond acceptors (Lipinski definition) is 4. The first-order chi connectivity index (χ1) is 19.0. The second-order valence-corrected chi connectivity index (χ2v) is 12.1. The maximum atomic E-state index is 13.6. The Labute approximate surface area is 232 Å². The predicted octanol–water partition coefficient (Wildman–Crippen LogP) is 4.44. The summed E-state index contributed by atoms with van der Waals surface area (Å²) >= 11 is 0. The van der Waals surface area contributed by atoms with Gasteiger partial charge in [-0.25, -0.2) is 4.79 Å². The van der Waals surface area contributed by atoms with E-state index in [4.69, 9.17) is 4.74 Å². The molecule has 2 atom stereocenters. The van der Waals surface area contributed by atoms with Gasteiger partial charge in [0.05, 0.1) is 12.5 Å². The predicted molar refractivity (Wildman–Crippen MR) is 152 cm³/mol. The molecule has 3 amide bonds. The monoisotopic (exact) mass is 530 g/mol. The molecule has 6 rings (SSSR count). The average molecular weight is 531 g/mol. The van der Waals surface area contributed by atoms with Crippen LogP contribution in [0.5, 0.6) is 5.75 Å². The number of methoxy groups -OCH3 is 1. The molecule has 4 heterocycles. The summed E-state index contributed by atoms with van der Waals surface area (Å²) in [4.78, 5) is 35.6. The first kappa shape index (κ1) is 26.2. The van der Waals surface area contributed by atoms with Gasteiger partial charge in [0.25, 0.3) is 0 Å². The zero-order valence-electron chi connectivity index (χ0n) is 23.3. The van der Waals surface area contributed by atoms with Crippen molar-refractivity contribution in [1.29, 1.82) is 0 Å². The minimum atomic E-state index is -0.199. The lowest BCUT2D eigenvalue weighted by atomic mass is 9.76. The van der Waals surface area contributed by atoms with E-state index in [2.05, 4.69) is 57.2 Å². The summed E-state index contributed by atoms with van der Waals surface area (Å²) in [5, 5.41) is 0. The smallest absolute Gasteiger partial charge is 0.320 e. The molecule has 4 aliphatic rings. The van der Waals surface area contributed by atoms with Gasteiger partial charge >= 0.3 is 6.03 Å². The van der Waals surface area contributed by atoms with Gasteiger partial charge in [-0.15, -0.1) is 0 Å². The standard InChI is InChI=1S/C32H42N4O3/c1-39-28-11-9-25(10-12-28)21-35-20-15-32(30(35)37)13-18-33(19-14-32)22-27-23-36(31(38)34-16-5-6-17-34)24-29(27)26-7-3-2-4-8-26/h2-4,7-12,27,29H,5-6,13-24H2,1H3/t27-,29?/m0/s1. The Morgan fingerprint density at radius 2 is 1.56 bits per heavy atom. The number of carbonyl (C=O) groups excluding carboxylic acids is 2. The maximum Gasteiger partial charge on any atom is 0.320 e. The fourth-order valence-corrected chi connectivity index (χ4v) is 7.35. The second kappa shape index (κ2) is 11.2. The Morgan fingerprint density at radius 3 is 2.26 bits per heavy atom. The summed E-state index contributed by atoms with van der Waals surface area (Å²) in [6.45, 7) is 7.85. The molecule has 2 aromatic rings. The molecule has 0 radical (unpaired) electrons. The lowest BCUT2D eigenvalue weighted by Crippen LogP contribution is -2.46. The molecule has 4 saturated heterocycles. The molecule has 4 fully saturated rings. The third-order valence-corrected chi connectivity index (χ3v) is 9.76. The summed E-state index contributed by atoms with van der Waals surface area (Å²) in [5.41, 5.74) is 2.29. The van der Waals surface area contributed by atoms with Gasteiger partial charge in [-0.05, 0) is 74.4 Å². The molecule has 2 aromatic carbocycles. The van der Waals surface area contributed by atoms with Gasteiger partial charge in [-0.2, -0.15) is 0 Å². The van der Waals surface area contributed by atoms with Crippen LogP contribution in [0.25, 0.3) is 0 Å². The second-order valence-electron chi connectivity index (χ2n) is 12.1. The zero-order valence-corrected chi connectivity index (χ0v) is 23.3. The van der Waals surface area contributed by atoms with E-state index in [1.807, 2.05) is 17.0 Å². The summed E-state index contributed by atoms with van der Waals surface area (Å²) in [6, 6.07) is 19.0. The number of piperidine rings is 1. The Balaban J connectivity index is 1.07. The van der Waals surface area contributed by atoms with E-state index in [1.165, 1.54) is 5.56 Å². The number of carbonyl (C=O) groups is 2. The van der Waals surface area contributed by atoms with Crippen molar-refractivity contribution >= 4 is 11.9 Å². The Kier molecular flexibility index (Phi) is 7.52. The molecular weight excluding hydrogens is 488 g/mol. The summed E-state index contributed by atoms with van der Waals surface area (Å²) in [5.74, 6) is 1.96. The van der Waals surface area contributed by atoms with Crippen LogP contribution in [0, 0.1) is 11.3 Å². The Morgan fingerprint density at radius 1 is 0.872 bits per heavy atom. The largest absolute Gasteiger partial charge is 0.497 e. The highest BCUT2D eigenvalue weighted by Crippen LogP contribution is 2.43. The third kappa shape index (κ3) is 5.38. The number of ether oxygens (including phenoxy) is 1. The quantitative estimate of drug-likeness (QED) is 0.554. The highest BCUT2D eigenvalue weighted by Gasteiger charge is 2.48. The first-order valence-electron chi connectivity index (χ1n) is 14.8. The molecule has 0 saturated carbocycles. The van der Waals surface area contributed by atoms with E-state index in [0.717, 1.165) is 95.8 Å². The highest BCUT2D eigenvalue weighted by atomic mass is 16.5. The summed E-state index contributed by atoms with van der Waals surface area (Å²) < 4.78 is 5.27. The van der Waals surface area contributed by atoms with E-state index >= 15 is 0 Å². The molecule has 7 heteroatoms. The number of likely N-dealkylation sites (tertiary alicyclic amines) is 4. The molecule has 0 bridgehead atoms. The minimum Gasteiger partial charge on any atom is -0.497 e. The third-order valence-electron chi connectivity index (χ3n) is 9.76. The average Bonchev–Trinajstić information content (AvgIpc) is 3.73. The summed E-state index contributed by atoms with van der Waals surface area (Å²) in [7, 11) is 1.67. The maximum absolute atomic E-state index is 13.6. The number of hydrogen-bond donors (Lipinski definition) is 0. The molecule has 7 nitrogen and oxygen atoms in total. The number of urea groups is 1. The van der Waals surface area contributed by atoms with Crippen LogP contribution in [-0.4, -0.2) is 91.0 Å². The lowest BCUT2D eigenvalue weighted by molar-refractivity contribution is -0.139. The van der Waals surface area contributed by atoms with Gasteiger partial charge in [0.1, 0.15) is 5.75 Å². The zero-order chi connectivity index (χ0) is 26.8. The SMILES string of the molecule is COc1ccc(CN2CCC3(CCN(C[C@H]4CN(C(=O)N5CCCC5)CC4c4ccccc4)CC3)C2=O)cc1. The number of rotatable bonds is 6. The highest BCUT2D eigenvalue weighted by molar-refractivity contribution is 5.85. The van der Waals surface area contributed by atoms with Crippen LogP contribution >= 0.6 is 0 Å². The van der Waals surface area contributed by atoms with Crippen LogP contribution in [0.15, 0.2) is 54.6 Å². The molecule has 208 valence electrons. The lowest BCUT2D eigenvalue weighted by Gasteiger charge is -2.39. The van der Waals surface area contributed by atoms with E-state index in [1.54, 1.807) is 7.11 Å². The van der Waals surface area contributed by atoms with Crippen molar-refractivity contribution < 1.29 is 14.3 Å². The van der Waals surface area contributed by atoms with Crippen LogP contribution < -0.4 is 4.74 Å². The first-order valence-corrected chi connectivity index (χ1v) is 14.8. The van der Waals surface area contributed by atoms with Gasteiger partial charge in [-0.1, -0.05) is 42.5 Å². The van der Waals surface area contributed by atoms with Crippen molar-refractivity contribution in [2.24, 2.45) is 11.3 Å². The van der Waals surface area contributed by atoms with Crippen LogP contribution in [0.2, 0.25) is 0 Å². The van der Waals surface area contributed by atoms with Crippen LogP contribution in [-0.2, 0) is 11.3 Å². The number of nitrogens with zero attached hydrogens (tertiary/aromatic N) is 4. The van der Waals surface area contributed by atoms with Gasteiger partial charge in [-0.3, -0.25) is 4.79 Å². The Bertz CT molecular complexity index is 1140. The molecule has 1 unspecified atom stereocenters. The number of benzene rings is 2. The Hall–Kier alpha value is -3.06. The molecule has 39 heavy (non-hydrogen) atoms. The van der Waals surface area contributed by atoms with E-state index in [0.29, 0.717) is 24.3 Å². The van der Waals surface area contributed by atoms with Crippen molar-refractivity contribution in [3.05, 3.63) is 65.7 Å². The van der Waals surface area contributed by atoms with Crippen LogP contribution in [0.4, 0.5) is 4.79 Å². The van der Waals surface area contributed by atoms with E-state index in [-0.39, 0.29) is 11.4 Å². The molecule has 1 spiro atoms. The van der Waals surface area contributed by atoms with Crippen LogP contribution in [0.1, 0.15) is 49.1 Å². The minimum absolute atomic E-state index is 0.199. The topological polar surface area (TPSA) is 56.3 Å². The van der Waals surface area contributed by atoms with Gasteiger partial charge in [0.2, 0.25) is 5.91 Å². The van der Waals surface area contributed by atoms with Crippen molar-refractivity contribution in [2.45, 2.75) is 44.6 Å². The molecular formula is C32H42N4O3. The molecule has 0 N–H and O–H groups in total. The fraction of sp³-hybridized carbons (Fsp3) is 0.562. The van der Waals surface area contributed by atoms with Crippen molar-refractivity contribution in [2.75, 3.05) is 59.5 Å². The normalized spacial score (nSPS) is 25.2. The van der Waals surface area contributed by atoms with E-state index in [9.17, 15) is 9.59 Å². The van der Waals surface area contributed by atoms with Gasteiger partial charge in [0, 0.05) is 51.7 Å². The molecule has 0 aromatic heterocycles. The van der Waals surface area contributed by atoms with E-state index < -0.39 is 0 Å². The van der Waals surface area contributed by atoms with Crippen LogP contribution in [0.3, 0.4) is 0 Å². The van der Waals surface area contributed by atoms with Crippen molar-refractivity contribution in [3.8, 4) is 5.75 Å². The van der Waals surface area contributed by atoms with Gasteiger partial charge < -0.3 is 24.3 Å². The van der Waals surface area contributed by atoms with Crippen molar-refractivity contribution in [1.82, 2.24) is 19.6 Å². The molecule has 0 aliphatic carbocycles. The molecule has 4 aliphatic heterocycles. The fourth-order valence-electron chi connectivity index (χ4n) is 7.35. The van der Waals surface area contributed by atoms with Gasteiger partial charge in [0.15, 0.2) is 0 Å².